The molecular formula is C35H33F6N5O4. The number of aromatic nitrogens is 1. The molecule has 1 aliphatic heterocycles. The smallest absolute Gasteiger partial charge is 0.346 e. The van der Waals surface area contributed by atoms with E-state index in [1.54, 1.807) is 0 Å². The Kier molecular flexibility index (Phi) is 10.4. The number of piperazine rings is 1. The lowest BCUT2D eigenvalue weighted by atomic mass is 9.98. The SMILES string of the molecule is CN(C)CCn1cc(C[C@@H]2CN(C(=O)C=Cc3ccc([N+](=O)[O-])cc3)CCN2C(=O)c2cc(C(F)(F)F)cc(C(F)(F)F)c2)c2ccccc21. The van der Waals surface area contributed by atoms with Gasteiger partial charge in [0.15, 0.2) is 0 Å². The second kappa shape index (κ2) is 14.4. The van der Waals surface area contributed by atoms with Crippen molar-refractivity contribution in [2.75, 3.05) is 40.3 Å². The summed E-state index contributed by atoms with van der Waals surface area (Å²) in [5, 5.41) is 11.8. The van der Waals surface area contributed by atoms with Gasteiger partial charge in [-0.15, -0.1) is 0 Å². The highest BCUT2D eigenvalue weighted by Crippen LogP contribution is 2.37. The molecule has 2 amide bonds. The van der Waals surface area contributed by atoms with E-state index in [9.17, 15) is 46.0 Å². The lowest BCUT2D eigenvalue weighted by molar-refractivity contribution is -0.384. The summed E-state index contributed by atoms with van der Waals surface area (Å²) in [4.78, 5) is 42.3. The van der Waals surface area contributed by atoms with E-state index in [0.29, 0.717) is 30.8 Å². The number of likely N-dealkylation sites (N-methyl/N-ethyl adjacent to an activating group) is 1. The molecule has 1 fully saturated rings. The van der Waals surface area contributed by atoms with Gasteiger partial charge in [-0.2, -0.15) is 26.3 Å². The number of nitrogens with zero attached hydrogens (tertiary/aromatic N) is 5. The van der Waals surface area contributed by atoms with E-state index in [4.69, 9.17) is 0 Å². The van der Waals surface area contributed by atoms with Crippen LogP contribution in [-0.4, -0.2) is 82.3 Å². The molecule has 5 rings (SSSR count). The van der Waals surface area contributed by atoms with Crippen LogP contribution in [0.25, 0.3) is 17.0 Å². The topological polar surface area (TPSA) is 91.9 Å². The van der Waals surface area contributed by atoms with Crippen LogP contribution in [0.1, 0.15) is 32.6 Å². The fourth-order valence-electron chi connectivity index (χ4n) is 5.95. The number of nitro groups is 1. The molecule has 0 unspecified atom stereocenters. The first-order valence-corrected chi connectivity index (χ1v) is 15.5. The molecule has 0 spiro atoms. The van der Waals surface area contributed by atoms with Crippen molar-refractivity contribution in [2.24, 2.45) is 0 Å². The van der Waals surface area contributed by atoms with Crippen molar-refractivity contribution in [3.63, 3.8) is 0 Å². The summed E-state index contributed by atoms with van der Waals surface area (Å²) in [5.41, 5.74) is -1.86. The standard InChI is InChI=1S/C35H33F6N5O4/c1-42(2)13-14-43-21-25(30-5-3-4-6-31(30)43)19-29-22-44(32(47)12-9-23-7-10-28(11-8-23)46(49)50)15-16-45(29)33(48)24-17-26(34(36,37)38)20-27(18-24)35(39,40)41/h3-12,17-18,20-21,29H,13-16,19,22H2,1-2H3/t29-/m1/s1. The zero-order valence-corrected chi connectivity index (χ0v) is 27.0. The number of rotatable bonds is 9. The molecule has 15 heteroatoms. The van der Waals surface area contributed by atoms with Gasteiger partial charge in [0.05, 0.1) is 22.1 Å². The number of alkyl halides is 6. The van der Waals surface area contributed by atoms with Gasteiger partial charge in [-0.1, -0.05) is 18.2 Å². The van der Waals surface area contributed by atoms with Crippen molar-refractivity contribution in [3.8, 4) is 0 Å². The van der Waals surface area contributed by atoms with E-state index in [2.05, 4.69) is 0 Å². The number of benzene rings is 3. The summed E-state index contributed by atoms with van der Waals surface area (Å²) in [6, 6.07) is 13.1. The molecule has 1 aromatic heterocycles. The van der Waals surface area contributed by atoms with Gasteiger partial charge < -0.3 is 19.3 Å². The fourth-order valence-corrected chi connectivity index (χ4v) is 5.95. The zero-order valence-electron chi connectivity index (χ0n) is 27.0. The van der Waals surface area contributed by atoms with Gasteiger partial charge >= 0.3 is 12.4 Å². The van der Waals surface area contributed by atoms with E-state index in [0.717, 1.165) is 16.5 Å². The summed E-state index contributed by atoms with van der Waals surface area (Å²) >= 11 is 0. The summed E-state index contributed by atoms with van der Waals surface area (Å²) in [5.74, 6) is -1.47. The van der Waals surface area contributed by atoms with E-state index in [1.165, 1.54) is 46.2 Å². The van der Waals surface area contributed by atoms with Crippen LogP contribution < -0.4 is 0 Å². The maximum atomic E-state index is 13.9. The fraction of sp³-hybridized carbons (Fsp3) is 0.314. The molecule has 0 bridgehead atoms. The molecule has 264 valence electrons. The Balaban J connectivity index is 1.49. The predicted molar refractivity (Wildman–Crippen MR) is 174 cm³/mol. The largest absolute Gasteiger partial charge is 0.416 e. The molecule has 50 heavy (non-hydrogen) atoms. The number of non-ortho nitro benzene ring substituents is 1. The number of hydrogen-bond acceptors (Lipinski definition) is 5. The highest BCUT2D eigenvalue weighted by Gasteiger charge is 2.39. The third-order valence-corrected chi connectivity index (χ3v) is 8.53. The van der Waals surface area contributed by atoms with Gasteiger partial charge in [0.2, 0.25) is 5.91 Å². The summed E-state index contributed by atoms with van der Waals surface area (Å²) in [6.07, 6.45) is -5.46. The normalized spacial score (nSPS) is 15.7. The maximum Gasteiger partial charge on any atom is 0.416 e. The van der Waals surface area contributed by atoms with Crippen LogP contribution in [0.2, 0.25) is 0 Å². The van der Waals surface area contributed by atoms with Crippen molar-refractivity contribution in [1.29, 1.82) is 0 Å². The minimum atomic E-state index is -5.13. The molecule has 2 heterocycles. The van der Waals surface area contributed by atoms with Crippen molar-refractivity contribution in [3.05, 3.63) is 117 Å². The molecule has 1 atom stereocenters. The van der Waals surface area contributed by atoms with Crippen LogP contribution in [0, 0.1) is 10.1 Å². The van der Waals surface area contributed by atoms with E-state index in [-0.39, 0.29) is 37.8 Å². The first-order valence-electron chi connectivity index (χ1n) is 15.5. The molecular weight excluding hydrogens is 668 g/mol. The predicted octanol–water partition coefficient (Wildman–Crippen LogP) is 6.76. The van der Waals surface area contributed by atoms with Crippen molar-refractivity contribution >= 4 is 34.5 Å². The van der Waals surface area contributed by atoms with Gasteiger partial charge in [-0.05, 0) is 74.1 Å². The van der Waals surface area contributed by atoms with Crippen LogP contribution in [0.5, 0.6) is 0 Å². The second-order valence-corrected chi connectivity index (χ2v) is 12.3. The van der Waals surface area contributed by atoms with Crippen molar-refractivity contribution < 1.29 is 40.9 Å². The molecule has 4 aromatic rings. The van der Waals surface area contributed by atoms with Crippen LogP contribution in [0.3, 0.4) is 0 Å². The lowest BCUT2D eigenvalue weighted by Crippen LogP contribution is -2.57. The van der Waals surface area contributed by atoms with E-state index >= 15 is 0 Å². The Labute approximate surface area is 283 Å². The molecule has 0 N–H and O–H groups in total. The van der Waals surface area contributed by atoms with Crippen LogP contribution >= 0.6 is 0 Å². The average molecular weight is 702 g/mol. The first kappa shape index (κ1) is 36.1. The Morgan fingerprint density at radius 2 is 1.58 bits per heavy atom. The number of amides is 2. The average Bonchev–Trinajstić information content (AvgIpc) is 3.42. The van der Waals surface area contributed by atoms with Gasteiger partial charge in [-0.3, -0.25) is 19.7 Å². The number of halogens is 6. The number of hydrogen-bond donors (Lipinski definition) is 0. The van der Waals surface area contributed by atoms with Gasteiger partial charge in [0.25, 0.3) is 11.6 Å². The minimum Gasteiger partial charge on any atom is -0.346 e. The second-order valence-electron chi connectivity index (χ2n) is 12.3. The molecule has 1 saturated heterocycles. The lowest BCUT2D eigenvalue weighted by Gasteiger charge is -2.41. The number of fused-ring (bicyclic) bond motifs is 1. The molecule has 0 radical (unpaired) electrons. The number of carbonyl (C=O) groups is 2. The summed E-state index contributed by atoms with van der Waals surface area (Å²) in [6.45, 7) is 1.09. The highest BCUT2D eigenvalue weighted by atomic mass is 19.4. The van der Waals surface area contributed by atoms with E-state index in [1.807, 2.05) is 54.0 Å². The first-order chi connectivity index (χ1) is 23.5. The molecule has 3 aromatic carbocycles. The van der Waals surface area contributed by atoms with Gasteiger partial charge in [-0.25, -0.2) is 0 Å². The third-order valence-electron chi connectivity index (χ3n) is 8.53. The number of carbonyl (C=O) groups excluding carboxylic acids is 2. The zero-order chi connectivity index (χ0) is 36.4. The van der Waals surface area contributed by atoms with Crippen LogP contribution in [0.4, 0.5) is 32.0 Å². The van der Waals surface area contributed by atoms with Gasteiger partial charge in [0, 0.05) is 73.6 Å². The highest BCUT2D eigenvalue weighted by molar-refractivity contribution is 5.96. The quantitative estimate of drug-likeness (QED) is 0.0833. The third kappa shape index (κ3) is 8.33. The Hall–Kier alpha value is -5.18. The van der Waals surface area contributed by atoms with Crippen molar-refractivity contribution in [1.82, 2.24) is 19.3 Å². The Morgan fingerprint density at radius 3 is 2.18 bits per heavy atom. The van der Waals surface area contributed by atoms with Gasteiger partial charge in [0.1, 0.15) is 0 Å². The molecule has 1 aliphatic rings. The monoisotopic (exact) mass is 701 g/mol. The maximum absolute atomic E-state index is 13.9. The molecule has 0 saturated carbocycles. The van der Waals surface area contributed by atoms with Crippen molar-refractivity contribution in [2.45, 2.75) is 31.4 Å². The van der Waals surface area contributed by atoms with Crippen LogP contribution in [0.15, 0.2) is 79.0 Å². The van der Waals surface area contributed by atoms with Crippen LogP contribution in [-0.2, 0) is 30.1 Å². The van der Waals surface area contributed by atoms with E-state index < -0.39 is 51.8 Å². The molecule has 0 aliphatic carbocycles. The Bertz CT molecular complexity index is 1890. The number of para-hydroxylation sites is 1. The minimum absolute atomic E-state index is 0.0231. The summed E-state index contributed by atoms with van der Waals surface area (Å²) in [7, 11) is 3.86. The summed E-state index contributed by atoms with van der Waals surface area (Å²) < 4.78 is 84.1. The Morgan fingerprint density at radius 1 is 0.940 bits per heavy atom. The number of nitro benzene ring substituents is 1. The molecule has 9 nitrogen and oxygen atoms in total.